The van der Waals surface area contributed by atoms with Gasteiger partial charge in [-0.25, -0.2) is 0 Å². The van der Waals surface area contributed by atoms with E-state index in [1.54, 1.807) is 7.11 Å². The van der Waals surface area contributed by atoms with Crippen molar-refractivity contribution in [3.05, 3.63) is 59.8 Å². The van der Waals surface area contributed by atoms with Crippen LogP contribution >= 0.6 is 0 Å². The van der Waals surface area contributed by atoms with Crippen molar-refractivity contribution >= 4 is 16.6 Å². The Morgan fingerprint density at radius 1 is 1.00 bits per heavy atom. The first-order valence-corrected chi connectivity index (χ1v) is 9.80. The van der Waals surface area contributed by atoms with Crippen molar-refractivity contribution in [2.45, 2.75) is 13.3 Å². The fraction of sp³-hybridized carbons (Fsp3) is 0.391. The molecule has 1 aliphatic heterocycles. The van der Waals surface area contributed by atoms with E-state index < -0.39 is 0 Å². The highest BCUT2D eigenvalue weighted by molar-refractivity contribution is 5.84. The third kappa shape index (κ3) is 3.67. The van der Waals surface area contributed by atoms with Crippen LogP contribution in [-0.4, -0.2) is 49.3 Å². The fourth-order valence-corrected chi connectivity index (χ4v) is 4.17. The Bertz CT molecular complexity index is 923. The molecule has 1 aromatic heterocycles. The van der Waals surface area contributed by atoms with Crippen LogP contribution in [0.4, 0.5) is 5.69 Å². The van der Waals surface area contributed by atoms with Crippen molar-refractivity contribution in [1.29, 1.82) is 0 Å². The second-order valence-corrected chi connectivity index (χ2v) is 7.54. The summed E-state index contributed by atoms with van der Waals surface area (Å²) in [6.45, 7) is 7.59. The van der Waals surface area contributed by atoms with E-state index in [1.807, 2.05) is 12.1 Å². The first-order chi connectivity index (χ1) is 13.2. The zero-order valence-corrected chi connectivity index (χ0v) is 16.6. The normalized spacial score (nSPS) is 15.4. The molecule has 2 aromatic carbocycles. The number of para-hydroxylation sites is 2. The topological polar surface area (TPSA) is 20.6 Å². The maximum Gasteiger partial charge on any atom is 0.142 e. The predicted molar refractivity (Wildman–Crippen MR) is 113 cm³/mol. The number of methoxy groups -OCH3 is 1. The lowest BCUT2D eigenvalue weighted by Crippen LogP contribution is -2.47. The molecule has 0 bridgehead atoms. The Labute approximate surface area is 162 Å². The molecule has 1 saturated heterocycles. The van der Waals surface area contributed by atoms with Gasteiger partial charge in [-0.3, -0.25) is 4.90 Å². The third-order valence-corrected chi connectivity index (χ3v) is 5.72. The first kappa shape index (κ1) is 17.9. The van der Waals surface area contributed by atoms with Gasteiger partial charge in [0.1, 0.15) is 5.75 Å². The highest BCUT2D eigenvalue weighted by Gasteiger charge is 2.19. The largest absolute Gasteiger partial charge is 0.495 e. The summed E-state index contributed by atoms with van der Waals surface area (Å²) in [5.74, 6) is 0.970. The minimum absolute atomic E-state index is 0.970. The lowest BCUT2D eigenvalue weighted by Gasteiger charge is -2.36. The molecule has 2 heterocycles. The minimum atomic E-state index is 0.970. The standard InChI is InChI=1S/C23H29N3O/c1-18-8-9-21-20(16-18)19(17-24(21)2)10-11-25-12-14-26(15-13-25)22-6-4-5-7-23(22)27-3/h4-9,16-17H,10-15H2,1-3H3. The molecular formula is C23H29N3O. The van der Waals surface area contributed by atoms with Crippen LogP contribution < -0.4 is 9.64 Å². The van der Waals surface area contributed by atoms with Crippen LogP contribution in [0.5, 0.6) is 5.75 Å². The van der Waals surface area contributed by atoms with Gasteiger partial charge in [-0.15, -0.1) is 0 Å². The maximum absolute atomic E-state index is 5.53. The van der Waals surface area contributed by atoms with Crippen LogP contribution in [0.1, 0.15) is 11.1 Å². The smallest absolute Gasteiger partial charge is 0.142 e. The summed E-state index contributed by atoms with van der Waals surface area (Å²) >= 11 is 0. The number of nitrogens with zero attached hydrogens (tertiary/aromatic N) is 3. The molecule has 142 valence electrons. The van der Waals surface area contributed by atoms with Crippen molar-refractivity contribution < 1.29 is 4.74 Å². The second-order valence-electron chi connectivity index (χ2n) is 7.54. The molecule has 0 saturated carbocycles. The highest BCUT2D eigenvalue weighted by atomic mass is 16.5. The summed E-state index contributed by atoms with van der Waals surface area (Å²) in [6.07, 6.45) is 3.41. The van der Waals surface area contributed by atoms with E-state index in [0.29, 0.717) is 0 Å². The monoisotopic (exact) mass is 363 g/mol. The summed E-state index contributed by atoms with van der Waals surface area (Å²) in [5, 5.41) is 1.41. The molecular weight excluding hydrogens is 334 g/mol. The van der Waals surface area contributed by atoms with E-state index >= 15 is 0 Å². The van der Waals surface area contributed by atoms with E-state index in [1.165, 1.54) is 27.7 Å². The molecule has 3 aromatic rings. The lowest BCUT2D eigenvalue weighted by atomic mass is 10.1. The third-order valence-electron chi connectivity index (χ3n) is 5.72. The van der Waals surface area contributed by atoms with Crippen LogP contribution in [0.2, 0.25) is 0 Å². The van der Waals surface area contributed by atoms with Gasteiger partial charge in [0.25, 0.3) is 0 Å². The van der Waals surface area contributed by atoms with Gasteiger partial charge in [0.05, 0.1) is 12.8 Å². The van der Waals surface area contributed by atoms with E-state index in [2.05, 4.69) is 64.9 Å². The first-order valence-electron chi connectivity index (χ1n) is 9.80. The SMILES string of the molecule is COc1ccccc1N1CCN(CCc2cn(C)c3ccc(C)cc23)CC1. The Kier molecular flexibility index (Phi) is 5.08. The van der Waals surface area contributed by atoms with Gasteiger partial charge in [0.15, 0.2) is 0 Å². The number of aryl methyl sites for hydroxylation is 2. The number of aromatic nitrogens is 1. The number of fused-ring (bicyclic) bond motifs is 1. The zero-order chi connectivity index (χ0) is 18.8. The zero-order valence-electron chi connectivity index (χ0n) is 16.6. The van der Waals surface area contributed by atoms with Crippen LogP contribution in [0.3, 0.4) is 0 Å². The van der Waals surface area contributed by atoms with Crippen LogP contribution in [0.25, 0.3) is 10.9 Å². The molecule has 1 aliphatic rings. The van der Waals surface area contributed by atoms with Crippen molar-refractivity contribution in [2.24, 2.45) is 7.05 Å². The number of benzene rings is 2. The van der Waals surface area contributed by atoms with Gasteiger partial charge in [-0.05, 0) is 43.2 Å². The lowest BCUT2D eigenvalue weighted by molar-refractivity contribution is 0.260. The van der Waals surface area contributed by atoms with Crippen LogP contribution in [0, 0.1) is 6.92 Å². The number of ether oxygens (including phenoxy) is 1. The van der Waals surface area contributed by atoms with Gasteiger partial charge < -0.3 is 14.2 Å². The quantitative estimate of drug-likeness (QED) is 0.687. The molecule has 0 spiro atoms. The van der Waals surface area contributed by atoms with Crippen molar-refractivity contribution in [2.75, 3.05) is 44.7 Å². The van der Waals surface area contributed by atoms with E-state index in [0.717, 1.165) is 44.9 Å². The molecule has 27 heavy (non-hydrogen) atoms. The molecule has 0 radical (unpaired) electrons. The summed E-state index contributed by atoms with van der Waals surface area (Å²) in [5.41, 5.74) is 5.34. The second kappa shape index (κ2) is 7.65. The maximum atomic E-state index is 5.53. The average Bonchev–Trinajstić information content (AvgIpc) is 3.01. The number of hydrogen-bond acceptors (Lipinski definition) is 3. The van der Waals surface area contributed by atoms with E-state index in [9.17, 15) is 0 Å². The van der Waals surface area contributed by atoms with E-state index in [4.69, 9.17) is 4.74 Å². The summed E-state index contributed by atoms with van der Waals surface area (Å²) < 4.78 is 7.78. The summed E-state index contributed by atoms with van der Waals surface area (Å²) in [4.78, 5) is 5.02. The molecule has 4 heteroatoms. The Morgan fingerprint density at radius 2 is 1.78 bits per heavy atom. The predicted octanol–water partition coefficient (Wildman–Crippen LogP) is 3.86. The Morgan fingerprint density at radius 3 is 2.56 bits per heavy atom. The van der Waals surface area contributed by atoms with Crippen molar-refractivity contribution in [3.63, 3.8) is 0 Å². The Balaban J connectivity index is 1.38. The molecule has 0 atom stereocenters. The fourth-order valence-electron chi connectivity index (χ4n) is 4.17. The van der Waals surface area contributed by atoms with Crippen molar-refractivity contribution in [1.82, 2.24) is 9.47 Å². The highest BCUT2D eigenvalue weighted by Crippen LogP contribution is 2.28. The summed E-state index contributed by atoms with van der Waals surface area (Å²) in [7, 11) is 3.90. The molecule has 0 unspecified atom stereocenters. The molecule has 0 aliphatic carbocycles. The molecule has 0 N–H and O–H groups in total. The molecule has 4 nitrogen and oxygen atoms in total. The number of piperazine rings is 1. The molecule has 0 amide bonds. The average molecular weight is 364 g/mol. The van der Waals surface area contributed by atoms with Gasteiger partial charge in [-0.1, -0.05) is 23.8 Å². The Hall–Kier alpha value is -2.46. The number of rotatable bonds is 5. The number of anilines is 1. The molecule has 4 rings (SSSR count). The molecule has 1 fully saturated rings. The minimum Gasteiger partial charge on any atom is -0.495 e. The van der Waals surface area contributed by atoms with Gasteiger partial charge in [0, 0.05) is 56.9 Å². The van der Waals surface area contributed by atoms with Crippen LogP contribution in [0.15, 0.2) is 48.7 Å². The van der Waals surface area contributed by atoms with Gasteiger partial charge >= 0.3 is 0 Å². The van der Waals surface area contributed by atoms with Gasteiger partial charge in [-0.2, -0.15) is 0 Å². The van der Waals surface area contributed by atoms with Crippen molar-refractivity contribution in [3.8, 4) is 5.75 Å². The number of hydrogen-bond donors (Lipinski definition) is 0. The van der Waals surface area contributed by atoms with Gasteiger partial charge in [0.2, 0.25) is 0 Å². The van der Waals surface area contributed by atoms with E-state index in [-0.39, 0.29) is 0 Å². The summed E-state index contributed by atoms with van der Waals surface area (Å²) in [6, 6.07) is 15.1. The van der Waals surface area contributed by atoms with Crippen LogP contribution in [-0.2, 0) is 13.5 Å².